The van der Waals surface area contributed by atoms with Crippen LogP contribution in [0.1, 0.15) is 51.5 Å². The van der Waals surface area contributed by atoms with Gasteiger partial charge in [0.15, 0.2) is 15.5 Å². The van der Waals surface area contributed by atoms with E-state index in [1.54, 1.807) is 75.2 Å². The number of aromatic nitrogens is 3. The highest BCUT2D eigenvalue weighted by Gasteiger charge is 2.61. The molecule has 0 saturated carbocycles. The third-order valence-corrected chi connectivity index (χ3v) is 7.68. The van der Waals surface area contributed by atoms with Gasteiger partial charge in [-0.1, -0.05) is 42.5 Å². The summed E-state index contributed by atoms with van der Waals surface area (Å²) < 4.78 is 87.1. The lowest BCUT2D eigenvalue weighted by Crippen LogP contribution is -2.45. The minimum Gasteiger partial charge on any atom is -0.444 e. The minimum absolute atomic E-state index is 0.0233. The van der Waals surface area contributed by atoms with Crippen molar-refractivity contribution in [3.05, 3.63) is 60.0 Å². The number of fused-ring (bicyclic) bond motifs is 5. The second kappa shape index (κ2) is 12.6. The van der Waals surface area contributed by atoms with Gasteiger partial charge >= 0.3 is 12.3 Å². The smallest absolute Gasteiger partial charge is 0.426 e. The molecule has 1 aromatic carbocycles. The number of amides is 1. The van der Waals surface area contributed by atoms with Gasteiger partial charge in [0.1, 0.15) is 16.3 Å². The van der Waals surface area contributed by atoms with E-state index >= 15 is 0 Å². The van der Waals surface area contributed by atoms with Crippen molar-refractivity contribution in [2.45, 2.75) is 68.9 Å². The van der Waals surface area contributed by atoms with E-state index in [4.69, 9.17) is 13.9 Å². The van der Waals surface area contributed by atoms with Gasteiger partial charge in [0.2, 0.25) is 5.60 Å². The lowest BCUT2D eigenvalue weighted by atomic mass is 9.95. The second-order valence-corrected chi connectivity index (χ2v) is 13.3. The Balaban J connectivity index is 1.92. The molecule has 238 valence electrons. The van der Waals surface area contributed by atoms with E-state index in [9.17, 15) is 26.4 Å². The van der Waals surface area contributed by atoms with Crippen molar-refractivity contribution in [3.63, 3.8) is 0 Å². The summed E-state index contributed by atoms with van der Waals surface area (Å²) in [6, 6.07) is 9.50. The lowest BCUT2D eigenvalue weighted by molar-refractivity contribution is -0.299. The van der Waals surface area contributed by atoms with Gasteiger partial charge in [-0.15, -0.1) is 10.2 Å². The van der Waals surface area contributed by atoms with Gasteiger partial charge in [0.05, 0.1) is 12.3 Å². The molecule has 2 aromatic heterocycles. The number of allylic oxidation sites excluding steroid dienone is 1. The molecule has 1 atom stereocenters. The first kappa shape index (κ1) is 32.9. The van der Waals surface area contributed by atoms with Crippen LogP contribution in [0.4, 0.5) is 29.5 Å². The van der Waals surface area contributed by atoms with Crippen LogP contribution >= 0.6 is 0 Å². The topological polar surface area (TPSA) is 137 Å². The number of hydrogen-bond acceptors (Lipinski definition) is 10. The third-order valence-electron chi connectivity index (χ3n) is 6.59. The molecule has 1 amide bonds. The summed E-state index contributed by atoms with van der Waals surface area (Å²) in [4.78, 5) is 18.5. The average molecular weight is 638 g/mol. The summed E-state index contributed by atoms with van der Waals surface area (Å²) in [5, 5.41) is 10.1. The van der Waals surface area contributed by atoms with Gasteiger partial charge in [-0.25, -0.2) is 18.2 Å². The summed E-state index contributed by atoms with van der Waals surface area (Å²) in [5.74, 6) is -1.39. The summed E-state index contributed by atoms with van der Waals surface area (Å²) in [6.07, 6.45) is -1.92. The number of pyridine rings is 1. The van der Waals surface area contributed by atoms with E-state index in [2.05, 4.69) is 20.5 Å². The Hall–Kier alpha value is -3.98. The number of nitrogens with one attached hydrogen (secondary N) is 1. The largest absolute Gasteiger partial charge is 0.444 e. The average Bonchev–Trinajstić information content (AvgIpc) is 3.40. The number of anilines is 2. The summed E-state index contributed by atoms with van der Waals surface area (Å²) >= 11 is 0. The van der Waals surface area contributed by atoms with Crippen LogP contribution in [0, 0.1) is 0 Å². The van der Waals surface area contributed by atoms with Gasteiger partial charge in [0.25, 0.3) is 11.8 Å². The third kappa shape index (κ3) is 7.56. The maximum absolute atomic E-state index is 15.0. The molecule has 0 spiro atoms. The standard InChI is InChI=1S/C29H34F3N5O6S/c1-27(2,3)43-26(38)33-20-17-21(44(5,39)40)23-34-22(20)24-35-36-25(42-24)28(29(30,31)32,15-11-6-7-12-16-37(23)4)41-18-19-13-9-8-10-14-19/h6-10,13-14,17H,11-12,15-16,18H2,1-5H3,(H,33,38)/b7-6-. The number of nitrogens with zero attached hydrogens (tertiary/aromatic N) is 4. The molecule has 4 bridgehead atoms. The molecule has 0 fully saturated rings. The Bertz CT molecular complexity index is 1620. The molecule has 1 aliphatic rings. The van der Waals surface area contributed by atoms with Crippen LogP contribution in [0.25, 0.3) is 11.6 Å². The number of halogens is 3. The number of carbonyl (C=O) groups is 1. The molecular formula is C29H34F3N5O6S. The molecule has 44 heavy (non-hydrogen) atoms. The zero-order valence-electron chi connectivity index (χ0n) is 24.9. The number of alkyl halides is 3. The van der Waals surface area contributed by atoms with Crippen molar-refractivity contribution in [2.75, 3.05) is 30.1 Å². The Morgan fingerprint density at radius 2 is 1.80 bits per heavy atom. The Morgan fingerprint density at radius 3 is 2.43 bits per heavy atom. The van der Waals surface area contributed by atoms with Crippen molar-refractivity contribution in [1.82, 2.24) is 15.2 Å². The van der Waals surface area contributed by atoms with Crippen LogP contribution in [-0.2, 0) is 31.5 Å². The van der Waals surface area contributed by atoms with Crippen LogP contribution in [0.2, 0.25) is 0 Å². The molecule has 0 aliphatic carbocycles. The molecule has 3 heterocycles. The number of rotatable bonds is 5. The van der Waals surface area contributed by atoms with E-state index in [1.807, 2.05) is 0 Å². The molecule has 0 saturated heterocycles. The highest BCUT2D eigenvalue weighted by atomic mass is 32.2. The fourth-order valence-corrected chi connectivity index (χ4v) is 5.31. The Labute approximate surface area is 253 Å². The van der Waals surface area contributed by atoms with E-state index in [0.29, 0.717) is 12.0 Å². The quantitative estimate of drug-likeness (QED) is 0.330. The molecule has 1 unspecified atom stereocenters. The van der Waals surface area contributed by atoms with Gasteiger partial charge in [-0.3, -0.25) is 5.32 Å². The van der Waals surface area contributed by atoms with Gasteiger partial charge in [-0.2, -0.15) is 13.2 Å². The summed E-state index contributed by atoms with van der Waals surface area (Å²) in [6.45, 7) is 4.75. The van der Waals surface area contributed by atoms with Gasteiger partial charge in [-0.05, 0) is 51.7 Å². The predicted molar refractivity (Wildman–Crippen MR) is 156 cm³/mol. The number of sulfone groups is 1. The molecule has 11 nitrogen and oxygen atoms in total. The monoisotopic (exact) mass is 637 g/mol. The number of ether oxygens (including phenoxy) is 2. The van der Waals surface area contributed by atoms with E-state index in [-0.39, 0.29) is 35.1 Å². The molecule has 3 aromatic rings. The predicted octanol–water partition coefficient (Wildman–Crippen LogP) is 6.03. The van der Waals surface area contributed by atoms with Gasteiger partial charge < -0.3 is 18.8 Å². The van der Waals surface area contributed by atoms with Crippen molar-refractivity contribution >= 4 is 27.4 Å². The number of benzene rings is 1. The zero-order chi connectivity index (χ0) is 32.3. The minimum atomic E-state index is -4.98. The molecule has 4 rings (SSSR count). The van der Waals surface area contributed by atoms with E-state index in [0.717, 1.165) is 12.3 Å². The fraction of sp³-hybridized carbons (Fsp3) is 0.448. The van der Waals surface area contributed by atoms with Crippen molar-refractivity contribution in [1.29, 1.82) is 0 Å². The Morgan fingerprint density at radius 1 is 1.11 bits per heavy atom. The van der Waals surface area contributed by atoms with E-state index in [1.165, 1.54) is 0 Å². The lowest BCUT2D eigenvalue weighted by Gasteiger charge is -2.32. The fourth-order valence-electron chi connectivity index (χ4n) is 4.45. The van der Waals surface area contributed by atoms with Crippen molar-refractivity contribution in [3.8, 4) is 11.6 Å². The molecular weight excluding hydrogens is 603 g/mol. The highest BCUT2D eigenvalue weighted by molar-refractivity contribution is 7.90. The van der Waals surface area contributed by atoms with Crippen LogP contribution in [0.3, 0.4) is 0 Å². The first-order chi connectivity index (χ1) is 20.5. The van der Waals surface area contributed by atoms with Crippen LogP contribution in [0.15, 0.2) is 57.9 Å². The van der Waals surface area contributed by atoms with Crippen LogP contribution in [-0.4, -0.2) is 61.3 Å². The molecule has 15 heteroatoms. The maximum Gasteiger partial charge on any atom is 0.426 e. The number of hydrogen-bond donors (Lipinski definition) is 1. The summed E-state index contributed by atoms with van der Waals surface area (Å²) in [7, 11) is -2.29. The molecule has 1 aliphatic heterocycles. The normalized spacial score (nSPS) is 18.8. The summed E-state index contributed by atoms with van der Waals surface area (Å²) in [5.41, 5.74) is -3.88. The highest BCUT2D eigenvalue weighted by Crippen LogP contribution is 2.47. The Kier molecular flexibility index (Phi) is 9.40. The molecule has 1 N–H and O–H groups in total. The van der Waals surface area contributed by atoms with Crippen LogP contribution < -0.4 is 10.2 Å². The van der Waals surface area contributed by atoms with Crippen molar-refractivity contribution in [2.24, 2.45) is 0 Å². The van der Waals surface area contributed by atoms with Crippen LogP contribution in [0.5, 0.6) is 0 Å². The maximum atomic E-state index is 15.0. The van der Waals surface area contributed by atoms with Crippen molar-refractivity contribution < 1.29 is 40.3 Å². The second-order valence-electron chi connectivity index (χ2n) is 11.3. The van der Waals surface area contributed by atoms with E-state index < -0.39 is 58.1 Å². The first-order valence-electron chi connectivity index (χ1n) is 13.7. The van der Waals surface area contributed by atoms with Gasteiger partial charge in [0, 0.05) is 19.8 Å². The number of carbonyl (C=O) groups excluding carboxylic acids is 1. The zero-order valence-corrected chi connectivity index (χ0v) is 25.8. The first-order valence-corrected chi connectivity index (χ1v) is 15.6. The molecule has 0 radical (unpaired) electrons. The SMILES string of the molecule is CN1CC/C=C\CCC(OCc2ccccc2)(C(F)(F)F)c2nnc(o2)-c2nc1c(S(C)(=O)=O)cc2NC(=O)OC(C)(C)C.